The molecule has 23 heavy (non-hydrogen) atoms. The number of hydrogen-bond donors (Lipinski definition) is 3. The number of nitrogens with one attached hydrogen (secondary N) is 3. The van der Waals surface area contributed by atoms with Crippen molar-refractivity contribution in [3.8, 4) is 5.75 Å². The Morgan fingerprint density at radius 1 is 1.13 bits per heavy atom. The van der Waals surface area contributed by atoms with Crippen LogP contribution < -0.4 is 20.9 Å². The maximum Gasteiger partial charge on any atom is 0.333 e. The molecule has 2 rings (SSSR count). The Hall–Kier alpha value is -2.54. The number of aryl methyl sites for hydroxylation is 1. The van der Waals surface area contributed by atoms with E-state index in [0.29, 0.717) is 12.3 Å². The van der Waals surface area contributed by atoms with Gasteiger partial charge >= 0.3 is 6.03 Å². The second-order valence-corrected chi connectivity index (χ2v) is 5.84. The zero-order chi connectivity index (χ0) is 16.5. The minimum atomic E-state index is -0.453. The summed E-state index contributed by atoms with van der Waals surface area (Å²) in [6, 6.07) is 10.9. The number of amides is 3. The number of ether oxygens (including phenoxy) is 1. The molecular formula is C16H19N3O3S. The first-order valence-electron chi connectivity index (χ1n) is 7.18. The highest BCUT2D eigenvalue weighted by molar-refractivity contribution is 7.09. The molecule has 1 heterocycles. The van der Waals surface area contributed by atoms with E-state index in [1.54, 1.807) is 17.4 Å². The van der Waals surface area contributed by atoms with Crippen LogP contribution in [0.2, 0.25) is 0 Å². The summed E-state index contributed by atoms with van der Waals surface area (Å²) in [5, 5.41) is 4.65. The van der Waals surface area contributed by atoms with Gasteiger partial charge in [-0.25, -0.2) is 10.2 Å². The Morgan fingerprint density at radius 2 is 1.96 bits per heavy atom. The lowest BCUT2D eigenvalue weighted by atomic mass is 10.2. The van der Waals surface area contributed by atoms with E-state index in [1.165, 1.54) is 4.88 Å². The second kappa shape index (κ2) is 8.79. The summed E-state index contributed by atoms with van der Waals surface area (Å²) in [6.45, 7) is 2.23. The summed E-state index contributed by atoms with van der Waals surface area (Å²) in [5.74, 6) is 0.213. The number of para-hydroxylation sites is 1. The summed E-state index contributed by atoms with van der Waals surface area (Å²) >= 11 is 1.64. The Bertz CT molecular complexity index is 644. The van der Waals surface area contributed by atoms with Gasteiger partial charge in [0.15, 0.2) is 6.61 Å². The van der Waals surface area contributed by atoms with Gasteiger partial charge in [-0.3, -0.25) is 10.2 Å². The third-order valence-corrected chi connectivity index (χ3v) is 3.94. The molecule has 0 radical (unpaired) electrons. The van der Waals surface area contributed by atoms with Gasteiger partial charge in [0.1, 0.15) is 5.75 Å². The van der Waals surface area contributed by atoms with Crippen molar-refractivity contribution in [3.63, 3.8) is 0 Å². The number of rotatable bonds is 6. The fourth-order valence-corrected chi connectivity index (χ4v) is 2.53. The number of thiophene rings is 1. The fourth-order valence-electron chi connectivity index (χ4n) is 1.82. The normalized spacial score (nSPS) is 9.96. The van der Waals surface area contributed by atoms with Crippen molar-refractivity contribution >= 4 is 23.3 Å². The van der Waals surface area contributed by atoms with Crippen LogP contribution in [0, 0.1) is 6.92 Å². The zero-order valence-electron chi connectivity index (χ0n) is 12.8. The summed E-state index contributed by atoms with van der Waals surface area (Å²) < 4.78 is 5.38. The van der Waals surface area contributed by atoms with Gasteiger partial charge in [0.2, 0.25) is 0 Å². The number of hydrogen-bond acceptors (Lipinski definition) is 4. The van der Waals surface area contributed by atoms with E-state index in [1.807, 2.05) is 42.6 Å². The molecule has 122 valence electrons. The molecule has 0 saturated heterocycles. The van der Waals surface area contributed by atoms with Gasteiger partial charge in [-0.2, -0.15) is 0 Å². The van der Waals surface area contributed by atoms with Crippen molar-refractivity contribution in [2.24, 2.45) is 0 Å². The molecular weight excluding hydrogens is 314 g/mol. The maximum absolute atomic E-state index is 11.6. The SMILES string of the molecule is Cc1ccccc1OCC(=O)NNC(=O)NCCc1cccs1. The molecule has 1 aromatic heterocycles. The average molecular weight is 333 g/mol. The number of urea groups is 1. The van der Waals surface area contributed by atoms with Crippen LogP contribution in [0.25, 0.3) is 0 Å². The lowest BCUT2D eigenvalue weighted by molar-refractivity contribution is -0.123. The number of benzene rings is 1. The monoisotopic (exact) mass is 333 g/mol. The summed E-state index contributed by atoms with van der Waals surface area (Å²) in [7, 11) is 0. The van der Waals surface area contributed by atoms with Crippen LogP contribution in [0.1, 0.15) is 10.4 Å². The predicted octanol–water partition coefficient (Wildman–Crippen LogP) is 2.01. The first-order chi connectivity index (χ1) is 11.1. The molecule has 3 amide bonds. The number of carbonyl (C=O) groups excluding carboxylic acids is 2. The Balaban J connectivity index is 1.60. The minimum absolute atomic E-state index is 0.166. The standard InChI is InChI=1S/C16H19N3O3S/c1-12-5-2-3-7-14(12)22-11-15(20)18-19-16(21)17-9-8-13-6-4-10-23-13/h2-7,10H,8-9,11H2,1H3,(H,18,20)(H2,17,19,21). The van der Waals surface area contributed by atoms with Crippen LogP contribution in [-0.2, 0) is 11.2 Å². The highest BCUT2D eigenvalue weighted by Crippen LogP contribution is 2.15. The molecule has 2 aromatic rings. The summed E-state index contributed by atoms with van der Waals surface area (Å²) in [4.78, 5) is 24.3. The molecule has 0 bridgehead atoms. The van der Waals surface area contributed by atoms with Crippen LogP contribution in [0.4, 0.5) is 4.79 Å². The zero-order valence-corrected chi connectivity index (χ0v) is 13.6. The van der Waals surface area contributed by atoms with Crippen LogP contribution in [-0.4, -0.2) is 25.1 Å². The van der Waals surface area contributed by atoms with E-state index in [-0.39, 0.29) is 6.61 Å². The molecule has 7 heteroatoms. The van der Waals surface area contributed by atoms with Gasteiger partial charge in [0.25, 0.3) is 5.91 Å². The molecule has 3 N–H and O–H groups in total. The molecule has 0 aliphatic rings. The van der Waals surface area contributed by atoms with Gasteiger partial charge in [0.05, 0.1) is 0 Å². The van der Waals surface area contributed by atoms with Gasteiger partial charge in [-0.15, -0.1) is 11.3 Å². The predicted molar refractivity (Wildman–Crippen MR) is 89.4 cm³/mol. The Labute approximate surface area is 138 Å². The summed E-state index contributed by atoms with van der Waals surface area (Å²) in [6.07, 6.45) is 0.759. The Kier molecular flexibility index (Phi) is 6.43. The molecule has 0 aliphatic heterocycles. The molecule has 0 atom stereocenters. The fraction of sp³-hybridized carbons (Fsp3) is 0.250. The smallest absolute Gasteiger partial charge is 0.333 e. The number of hydrazine groups is 1. The van der Waals surface area contributed by atoms with Crippen LogP contribution >= 0.6 is 11.3 Å². The third kappa shape index (κ3) is 5.99. The lowest BCUT2D eigenvalue weighted by Gasteiger charge is -2.10. The quantitative estimate of drug-likeness (QED) is 0.708. The highest BCUT2D eigenvalue weighted by atomic mass is 32.1. The van der Waals surface area contributed by atoms with Crippen LogP contribution in [0.5, 0.6) is 5.75 Å². The van der Waals surface area contributed by atoms with Crippen molar-refractivity contribution in [1.82, 2.24) is 16.2 Å². The lowest BCUT2D eigenvalue weighted by Crippen LogP contribution is -2.48. The van der Waals surface area contributed by atoms with Crippen molar-refractivity contribution in [3.05, 3.63) is 52.2 Å². The largest absolute Gasteiger partial charge is 0.483 e. The summed E-state index contributed by atoms with van der Waals surface area (Å²) in [5.41, 5.74) is 5.52. The van der Waals surface area contributed by atoms with Crippen LogP contribution in [0.15, 0.2) is 41.8 Å². The van der Waals surface area contributed by atoms with E-state index >= 15 is 0 Å². The molecule has 1 aromatic carbocycles. The van der Waals surface area contributed by atoms with Gasteiger partial charge in [-0.1, -0.05) is 24.3 Å². The molecule has 0 spiro atoms. The van der Waals surface area contributed by atoms with E-state index in [2.05, 4.69) is 16.2 Å². The minimum Gasteiger partial charge on any atom is -0.483 e. The van der Waals surface area contributed by atoms with E-state index in [9.17, 15) is 9.59 Å². The Morgan fingerprint density at radius 3 is 2.70 bits per heavy atom. The average Bonchev–Trinajstić information content (AvgIpc) is 3.05. The molecule has 0 fully saturated rings. The van der Waals surface area contributed by atoms with Crippen molar-refractivity contribution in [2.75, 3.05) is 13.2 Å². The maximum atomic E-state index is 11.6. The molecule has 0 saturated carbocycles. The van der Waals surface area contributed by atoms with E-state index in [0.717, 1.165) is 12.0 Å². The first-order valence-corrected chi connectivity index (χ1v) is 8.06. The van der Waals surface area contributed by atoms with Crippen molar-refractivity contribution < 1.29 is 14.3 Å². The molecule has 6 nitrogen and oxygen atoms in total. The van der Waals surface area contributed by atoms with Crippen molar-refractivity contribution in [1.29, 1.82) is 0 Å². The van der Waals surface area contributed by atoms with Gasteiger partial charge in [-0.05, 0) is 36.4 Å². The van der Waals surface area contributed by atoms with E-state index < -0.39 is 11.9 Å². The van der Waals surface area contributed by atoms with Crippen molar-refractivity contribution in [2.45, 2.75) is 13.3 Å². The number of carbonyl (C=O) groups is 2. The third-order valence-electron chi connectivity index (χ3n) is 3.00. The molecule has 0 unspecified atom stereocenters. The van der Waals surface area contributed by atoms with Crippen LogP contribution in [0.3, 0.4) is 0 Å². The van der Waals surface area contributed by atoms with Gasteiger partial charge < -0.3 is 10.1 Å². The first kappa shape index (κ1) is 16.8. The van der Waals surface area contributed by atoms with Gasteiger partial charge in [0, 0.05) is 11.4 Å². The second-order valence-electron chi connectivity index (χ2n) is 4.81. The topological polar surface area (TPSA) is 79.5 Å². The molecule has 0 aliphatic carbocycles. The van der Waals surface area contributed by atoms with E-state index in [4.69, 9.17) is 4.74 Å². The highest BCUT2D eigenvalue weighted by Gasteiger charge is 2.06.